The first-order valence-electron chi connectivity index (χ1n) is 8.02. The fourth-order valence-electron chi connectivity index (χ4n) is 3.64. The minimum atomic E-state index is -0.474. The van der Waals surface area contributed by atoms with Crippen molar-refractivity contribution in [2.24, 2.45) is 18.7 Å². The Kier molecular flexibility index (Phi) is 7.95. The van der Waals surface area contributed by atoms with Gasteiger partial charge in [-0.2, -0.15) is 5.10 Å². The lowest BCUT2D eigenvalue weighted by atomic mass is 9.91. The highest BCUT2D eigenvalue weighted by Crippen LogP contribution is 2.24. The number of aliphatic hydroxyl groups is 1. The average Bonchev–Trinajstić information content (AvgIpc) is 2.85. The SMILES string of the molecule is Cl.Cl.Cn1nc(C(N)=O)c2c1CCN(CC(O)C1CCNCC1)C2. The first-order valence-corrected chi connectivity index (χ1v) is 8.02. The second-order valence-corrected chi connectivity index (χ2v) is 6.40. The second-order valence-electron chi connectivity index (χ2n) is 6.40. The van der Waals surface area contributed by atoms with Gasteiger partial charge in [-0.25, -0.2) is 0 Å². The molecular formula is C15H27Cl2N5O2. The van der Waals surface area contributed by atoms with E-state index in [0.29, 0.717) is 24.7 Å². The van der Waals surface area contributed by atoms with E-state index in [-0.39, 0.29) is 30.9 Å². The van der Waals surface area contributed by atoms with Gasteiger partial charge in [0.25, 0.3) is 5.91 Å². The first kappa shape index (κ1) is 21.2. The van der Waals surface area contributed by atoms with Gasteiger partial charge < -0.3 is 16.2 Å². The number of nitrogens with two attached hydrogens (primary N) is 1. The summed E-state index contributed by atoms with van der Waals surface area (Å²) in [4.78, 5) is 13.7. The van der Waals surface area contributed by atoms with Crippen LogP contribution in [0.3, 0.4) is 0 Å². The number of amides is 1. The lowest BCUT2D eigenvalue weighted by Gasteiger charge is -2.33. The summed E-state index contributed by atoms with van der Waals surface area (Å²) >= 11 is 0. The van der Waals surface area contributed by atoms with Crippen molar-refractivity contribution in [3.63, 3.8) is 0 Å². The summed E-state index contributed by atoms with van der Waals surface area (Å²) < 4.78 is 1.76. The van der Waals surface area contributed by atoms with E-state index in [2.05, 4.69) is 15.3 Å². The predicted octanol–water partition coefficient (Wildman–Crippen LogP) is 0.0812. The summed E-state index contributed by atoms with van der Waals surface area (Å²) in [5.41, 5.74) is 7.81. The largest absolute Gasteiger partial charge is 0.392 e. The van der Waals surface area contributed by atoms with Crippen molar-refractivity contribution in [2.45, 2.75) is 31.9 Å². The fraction of sp³-hybridized carbons (Fsp3) is 0.733. The lowest BCUT2D eigenvalue weighted by Crippen LogP contribution is -2.42. The third kappa shape index (κ3) is 4.40. The molecule has 0 aliphatic carbocycles. The number of carbonyl (C=O) groups excluding carboxylic acids is 1. The van der Waals surface area contributed by atoms with E-state index in [1.165, 1.54) is 0 Å². The molecule has 2 aliphatic rings. The average molecular weight is 380 g/mol. The zero-order valence-electron chi connectivity index (χ0n) is 13.9. The molecule has 1 saturated heterocycles. The molecular weight excluding hydrogens is 353 g/mol. The molecule has 1 aromatic rings. The fourth-order valence-corrected chi connectivity index (χ4v) is 3.64. The second kappa shape index (κ2) is 9.01. The van der Waals surface area contributed by atoms with Crippen LogP contribution in [0, 0.1) is 5.92 Å². The normalized spacial score (nSPS) is 19.8. The topological polar surface area (TPSA) is 96.4 Å². The van der Waals surface area contributed by atoms with Crippen molar-refractivity contribution < 1.29 is 9.90 Å². The number of piperidine rings is 1. The van der Waals surface area contributed by atoms with Gasteiger partial charge in [0, 0.05) is 44.4 Å². The zero-order chi connectivity index (χ0) is 15.7. The molecule has 4 N–H and O–H groups in total. The Hall–Kier alpha value is -0.860. The van der Waals surface area contributed by atoms with Crippen LogP contribution in [0.2, 0.25) is 0 Å². The number of β-amino-alcohol motifs (C(OH)–C–C–N with tert-alkyl or cyclic N) is 1. The Bertz CT molecular complexity index is 560. The van der Waals surface area contributed by atoms with Gasteiger partial charge in [0.2, 0.25) is 0 Å². The Morgan fingerprint density at radius 1 is 1.42 bits per heavy atom. The number of nitrogens with zero attached hydrogens (tertiary/aromatic N) is 3. The molecule has 1 amide bonds. The van der Waals surface area contributed by atoms with Crippen molar-refractivity contribution in [1.29, 1.82) is 0 Å². The van der Waals surface area contributed by atoms with Gasteiger partial charge in [0.05, 0.1) is 6.10 Å². The highest BCUT2D eigenvalue weighted by Gasteiger charge is 2.29. The van der Waals surface area contributed by atoms with Gasteiger partial charge in [-0.15, -0.1) is 24.8 Å². The Morgan fingerprint density at radius 3 is 2.71 bits per heavy atom. The van der Waals surface area contributed by atoms with Crippen LogP contribution in [0.4, 0.5) is 0 Å². The van der Waals surface area contributed by atoms with E-state index >= 15 is 0 Å². The minimum Gasteiger partial charge on any atom is -0.392 e. The number of fused-ring (bicyclic) bond motifs is 1. The maximum Gasteiger partial charge on any atom is 0.269 e. The summed E-state index contributed by atoms with van der Waals surface area (Å²) in [6, 6.07) is 0. The number of carbonyl (C=O) groups is 1. The van der Waals surface area contributed by atoms with E-state index in [1.807, 2.05) is 7.05 Å². The number of aromatic nitrogens is 2. The maximum atomic E-state index is 11.5. The van der Waals surface area contributed by atoms with Crippen LogP contribution in [-0.2, 0) is 20.0 Å². The number of nitrogens with one attached hydrogen (secondary N) is 1. The van der Waals surface area contributed by atoms with Gasteiger partial charge >= 0.3 is 0 Å². The Labute approximate surface area is 154 Å². The molecule has 1 fully saturated rings. The Balaban J connectivity index is 0.00000144. The predicted molar refractivity (Wildman–Crippen MR) is 96.8 cm³/mol. The summed E-state index contributed by atoms with van der Waals surface area (Å²) in [6.45, 7) is 4.15. The third-order valence-electron chi connectivity index (χ3n) is 4.93. The molecule has 1 aromatic heterocycles. The molecule has 7 nitrogen and oxygen atoms in total. The highest BCUT2D eigenvalue weighted by molar-refractivity contribution is 5.92. The van der Waals surface area contributed by atoms with Crippen molar-refractivity contribution in [2.75, 3.05) is 26.2 Å². The molecule has 0 bridgehead atoms. The molecule has 2 aliphatic heterocycles. The maximum absolute atomic E-state index is 11.5. The molecule has 0 radical (unpaired) electrons. The minimum absolute atomic E-state index is 0. The quantitative estimate of drug-likeness (QED) is 0.688. The molecule has 9 heteroatoms. The van der Waals surface area contributed by atoms with Crippen LogP contribution >= 0.6 is 24.8 Å². The molecule has 0 aromatic carbocycles. The molecule has 3 heterocycles. The van der Waals surface area contributed by atoms with Gasteiger partial charge in [-0.3, -0.25) is 14.4 Å². The number of hydrogen-bond acceptors (Lipinski definition) is 5. The number of aliphatic hydroxyl groups excluding tert-OH is 1. The molecule has 3 rings (SSSR count). The van der Waals surface area contributed by atoms with E-state index in [1.54, 1.807) is 4.68 Å². The number of hydrogen-bond donors (Lipinski definition) is 3. The number of rotatable bonds is 4. The summed E-state index contributed by atoms with van der Waals surface area (Å²) in [6.07, 6.45) is 2.59. The van der Waals surface area contributed by atoms with Crippen LogP contribution in [-0.4, -0.2) is 58.0 Å². The van der Waals surface area contributed by atoms with Crippen molar-refractivity contribution in [3.8, 4) is 0 Å². The third-order valence-corrected chi connectivity index (χ3v) is 4.93. The number of halogens is 2. The molecule has 1 atom stereocenters. The van der Waals surface area contributed by atoms with Crippen molar-refractivity contribution in [3.05, 3.63) is 17.0 Å². The lowest BCUT2D eigenvalue weighted by molar-refractivity contribution is 0.0460. The van der Waals surface area contributed by atoms with Crippen LogP contribution in [0.25, 0.3) is 0 Å². The van der Waals surface area contributed by atoms with E-state index < -0.39 is 5.91 Å². The number of aryl methyl sites for hydroxylation is 1. The standard InChI is InChI=1S/C15H25N5O2.2ClH/c1-19-12-4-7-20(8-11(12)14(18-19)15(16)22)9-13(21)10-2-5-17-6-3-10;;/h10,13,17,21H,2-9H2,1H3,(H2,16,22);2*1H. The van der Waals surface area contributed by atoms with Gasteiger partial charge in [0.1, 0.15) is 0 Å². The van der Waals surface area contributed by atoms with Crippen molar-refractivity contribution >= 4 is 30.7 Å². The van der Waals surface area contributed by atoms with Crippen LogP contribution in [0.1, 0.15) is 34.6 Å². The zero-order valence-corrected chi connectivity index (χ0v) is 15.5. The van der Waals surface area contributed by atoms with E-state index in [4.69, 9.17) is 5.73 Å². The van der Waals surface area contributed by atoms with Crippen molar-refractivity contribution in [1.82, 2.24) is 20.0 Å². The summed E-state index contributed by atoms with van der Waals surface area (Å²) in [5, 5.41) is 18.0. The summed E-state index contributed by atoms with van der Waals surface area (Å²) in [7, 11) is 1.85. The van der Waals surface area contributed by atoms with Crippen LogP contribution in [0.15, 0.2) is 0 Å². The molecule has 1 unspecified atom stereocenters. The molecule has 138 valence electrons. The highest BCUT2D eigenvalue weighted by atomic mass is 35.5. The molecule has 24 heavy (non-hydrogen) atoms. The molecule has 0 spiro atoms. The van der Waals surface area contributed by atoms with Crippen LogP contribution in [0.5, 0.6) is 0 Å². The molecule has 0 saturated carbocycles. The van der Waals surface area contributed by atoms with E-state index in [0.717, 1.165) is 50.2 Å². The summed E-state index contributed by atoms with van der Waals surface area (Å²) in [5.74, 6) is -0.107. The smallest absolute Gasteiger partial charge is 0.269 e. The van der Waals surface area contributed by atoms with Gasteiger partial charge in [0.15, 0.2) is 5.69 Å². The van der Waals surface area contributed by atoms with Crippen LogP contribution < -0.4 is 11.1 Å². The number of primary amides is 1. The van der Waals surface area contributed by atoms with Gasteiger partial charge in [-0.1, -0.05) is 0 Å². The van der Waals surface area contributed by atoms with Gasteiger partial charge in [-0.05, 0) is 31.8 Å². The first-order chi connectivity index (χ1) is 10.6. The van der Waals surface area contributed by atoms with E-state index in [9.17, 15) is 9.90 Å². The Morgan fingerprint density at radius 2 is 2.08 bits per heavy atom. The monoisotopic (exact) mass is 379 g/mol.